The van der Waals surface area contributed by atoms with Crippen molar-refractivity contribution in [2.75, 3.05) is 23.7 Å². The Balaban J connectivity index is 1.62. The molecule has 0 spiro atoms. The molecule has 3 heterocycles. The van der Waals surface area contributed by atoms with Gasteiger partial charge >= 0.3 is 11.9 Å². The highest BCUT2D eigenvalue weighted by Gasteiger charge is 2.36. The van der Waals surface area contributed by atoms with Gasteiger partial charge in [0.05, 0.1) is 16.5 Å². The lowest BCUT2D eigenvalue weighted by Crippen LogP contribution is -2.36. The monoisotopic (exact) mass is 663 g/mol. The third-order valence-electron chi connectivity index (χ3n) is 6.31. The summed E-state index contributed by atoms with van der Waals surface area (Å²) in [5.74, 6) is -4.00. The zero-order valence-electron chi connectivity index (χ0n) is 21.8. The van der Waals surface area contributed by atoms with Crippen molar-refractivity contribution >= 4 is 95.5 Å². The number of fused-ring (bicyclic) bond motifs is 3. The van der Waals surface area contributed by atoms with Crippen LogP contribution in [0.25, 0.3) is 21.8 Å². The minimum atomic E-state index is -4.20. The van der Waals surface area contributed by atoms with Crippen molar-refractivity contribution in [1.29, 1.82) is 0 Å². The Hall–Kier alpha value is -3.90. The average Bonchev–Trinajstić information content (AvgIpc) is 3.53. The number of thioether (sulfide) groups is 2. The molecule has 1 saturated heterocycles. The number of rotatable bonds is 9. The summed E-state index contributed by atoms with van der Waals surface area (Å²) in [5.41, 5.74) is -0.703. The molecule has 0 unspecified atom stereocenters. The van der Waals surface area contributed by atoms with Crippen molar-refractivity contribution in [2.24, 2.45) is 0 Å². The molecular formula is C26H21N3O10S4. The highest BCUT2D eigenvalue weighted by Crippen LogP contribution is 2.49. The maximum Gasteiger partial charge on any atom is 0.323 e. The fraction of sp³-hybridized carbons (Fsp3) is 0.192. The number of carboxylic acids is 2. The van der Waals surface area contributed by atoms with Gasteiger partial charge in [0.1, 0.15) is 22.3 Å². The summed E-state index contributed by atoms with van der Waals surface area (Å²) in [6.45, 7) is -1.35. The van der Waals surface area contributed by atoms with Crippen LogP contribution >= 0.6 is 35.7 Å². The molecule has 2 aliphatic heterocycles. The molecule has 0 atom stereocenters. The van der Waals surface area contributed by atoms with Crippen LogP contribution in [0, 0.1) is 0 Å². The van der Waals surface area contributed by atoms with E-state index in [-0.39, 0.29) is 33.2 Å². The second-order valence-electron chi connectivity index (χ2n) is 9.24. The fourth-order valence-electron chi connectivity index (χ4n) is 4.55. The van der Waals surface area contributed by atoms with Gasteiger partial charge in [-0.1, -0.05) is 54.3 Å². The van der Waals surface area contributed by atoms with Gasteiger partial charge in [0, 0.05) is 16.8 Å². The Morgan fingerprint density at radius 1 is 0.977 bits per heavy atom. The molecule has 1 aromatic heterocycles. The molecule has 2 aliphatic rings. The molecule has 1 amide bonds. The number of hydrogen-bond donors (Lipinski definition) is 3. The van der Waals surface area contributed by atoms with E-state index in [4.69, 9.17) is 21.7 Å². The third kappa shape index (κ3) is 6.40. The number of aromatic nitrogens is 1. The second-order valence-corrected chi connectivity index (χ2v) is 13.5. The molecule has 0 saturated carbocycles. The molecule has 17 heteroatoms. The number of amides is 1. The van der Waals surface area contributed by atoms with Crippen molar-refractivity contribution in [2.45, 2.75) is 17.9 Å². The van der Waals surface area contributed by atoms with Gasteiger partial charge in [-0.15, -0.1) is 0 Å². The standard InChI is InChI=1S/C26H21N3O10S4/c30-19(31)12-28-23(34)16(39-25(28)22-24(35)29(13-20(32)33)26(40)42-22)7-9-18-27(10-3-11-43(36,37)38)21-15-5-2-1-4-14(15)6-8-17(21)41-18/h1-2,4-9H,3,10-13H2,(H,30,31)(H,32,33)(H,36,37,38)/b16-7?,18-9?,25-22+. The van der Waals surface area contributed by atoms with E-state index in [2.05, 4.69) is 0 Å². The summed E-state index contributed by atoms with van der Waals surface area (Å²) in [6, 6.07) is 11.5. The Labute approximate surface area is 256 Å². The summed E-state index contributed by atoms with van der Waals surface area (Å²) in [6.07, 6.45) is 2.96. The van der Waals surface area contributed by atoms with E-state index in [1.807, 2.05) is 41.3 Å². The Kier molecular flexibility index (Phi) is 8.53. The lowest BCUT2D eigenvalue weighted by Gasteiger charge is -2.21. The van der Waals surface area contributed by atoms with Crippen molar-refractivity contribution in [1.82, 2.24) is 9.47 Å². The molecule has 224 valence electrons. The molecule has 2 aromatic carbocycles. The average molecular weight is 664 g/mol. The first-order valence-electron chi connectivity index (χ1n) is 12.4. The predicted molar refractivity (Wildman–Crippen MR) is 164 cm³/mol. The highest BCUT2D eigenvalue weighted by molar-refractivity contribution is 8.30. The largest absolute Gasteiger partial charge is 0.480 e. The molecule has 0 radical (unpaired) electrons. The highest BCUT2D eigenvalue weighted by atomic mass is 32.2. The molecular weight excluding hydrogens is 643 g/mol. The number of carbonyl (C=O) groups is 3. The van der Waals surface area contributed by atoms with E-state index in [9.17, 15) is 37.3 Å². The van der Waals surface area contributed by atoms with Crippen molar-refractivity contribution < 1.29 is 42.0 Å². The van der Waals surface area contributed by atoms with Crippen LogP contribution < -0.4 is 21.4 Å². The topological polar surface area (TPSA) is 188 Å². The molecule has 1 fully saturated rings. The second kappa shape index (κ2) is 12.0. The number of allylic oxidation sites excluding steroid dienone is 1. The number of carbonyl (C=O) groups excluding carboxylic acids is 1. The minimum absolute atomic E-state index is 0.0892. The number of thiocarbonyl (C=S) groups is 1. The van der Waals surface area contributed by atoms with Crippen molar-refractivity contribution in [3.8, 4) is 0 Å². The van der Waals surface area contributed by atoms with Gasteiger partial charge in [0.25, 0.3) is 21.6 Å². The van der Waals surface area contributed by atoms with Crippen LogP contribution in [0.15, 0.2) is 61.6 Å². The number of oxazole rings is 1. The molecule has 0 aliphatic carbocycles. The van der Waals surface area contributed by atoms with Crippen LogP contribution in [-0.2, 0) is 31.0 Å². The van der Waals surface area contributed by atoms with Gasteiger partial charge in [-0.2, -0.15) is 8.42 Å². The van der Waals surface area contributed by atoms with E-state index in [1.165, 1.54) is 17.8 Å². The van der Waals surface area contributed by atoms with Crippen LogP contribution in [-0.4, -0.2) is 73.7 Å². The van der Waals surface area contributed by atoms with E-state index in [1.54, 1.807) is 6.08 Å². The number of aliphatic carboxylic acids is 2. The summed E-state index contributed by atoms with van der Waals surface area (Å²) >= 11 is 7.15. The van der Waals surface area contributed by atoms with Gasteiger partial charge in [0.15, 0.2) is 5.42 Å². The normalized spacial score (nSPS) is 17.9. The van der Waals surface area contributed by atoms with Gasteiger partial charge in [-0.25, -0.2) is 0 Å². The lowest BCUT2D eigenvalue weighted by atomic mass is 10.1. The van der Waals surface area contributed by atoms with E-state index < -0.39 is 52.4 Å². The Bertz CT molecular complexity index is 2030. The first-order chi connectivity index (χ1) is 20.3. The summed E-state index contributed by atoms with van der Waals surface area (Å²) in [4.78, 5) is 52.2. The Morgan fingerprint density at radius 3 is 2.40 bits per heavy atom. The smallest absolute Gasteiger partial charge is 0.323 e. The number of hydrogen-bond acceptors (Lipinski definition) is 11. The quantitative estimate of drug-likeness (QED) is 0.219. The van der Waals surface area contributed by atoms with Crippen LogP contribution in [0.2, 0.25) is 0 Å². The zero-order chi connectivity index (χ0) is 31.1. The molecule has 0 bridgehead atoms. The van der Waals surface area contributed by atoms with E-state index >= 15 is 0 Å². The van der Waals surface area contributed by atoms with Gasteiger partial charge in [-0.3, -0.25) is 33.2 Å². The van der Waals surface area contributed by atoms with Gasteiger partial charge in [-0.05, 0) is 41.8 Å². The predicted octanol–water partition coefficient (Wildman–Crippen LogP) is 1.24. The van der Waals surface area contributed by atoms with Crippen LogP contribution in [0.5, 0.6) is 0 Å². The molecule has 43 heavy (non-hydrogen) atoms. The van der Waals surface area contributed by atoms with Gasteiger partial charge in [0.2, 0.25) is 5.55 Å². The molecule has 13 nitrogen and oxygen atoms in total. The van der Waals surface area contributed by atoms with Crippen LogP contribution in [0.4, 0.5) is 5.69 Å². The lowest BCUT2D eigenvalue weighted by molar-refractivity contribution is -0.140. The van der Waals surface area contributed by atoms with E-state index in [0.29, 0.717) is 16.8 Å². The maximum atomic E-state index is 13.2. The summed E-state index contributed by atoms with van der Waals surface area (Å²) in [7, 11) is -4.20. The first kappa shape index (κ1) is 30.6. The zero-order valence-corrected chi connectivity index (χ0v) is 25.1. The Morgan fingerprint density at radius 2 is 1.70 bits per heavy atom. The summed E-state index contributed by atoms with van der Waals surface area (Å²) < 4.78 is 38.4. The van der Waals surface area contributed by atoms with Crippen molar-refractivity contribution in [3.05, 3.63) is 68.8 Å². The first-order valence-corrected chi connectivity index (χ1v) is 16.0. The molecule has 5 rings (SSSR count). The number of nitrogens with zero attached hydrogens (tertiary/aromatic N) is 3. The fourth-order valence-corrected chi connectivity index (χ4v) is 7.42. The molecule has 3 aromatic rings. The summed E-state index contributed by atoms with van der Waals surface area (Å²) in [5, 5.41) is 21.0. The maximum absolute atomic E-state index is 13.2. The van der Waals surface area contributed by atoms with Crippen molar-refractivity contribution in [3.63, 3.8) is 0 Å². The van der Waals surface area contributed by atoms with Gasteiger partial charge < -0.3 is 19.5 Å². The minimum Gasteiger partial charge on any atom is -0.480 e. The SMILES string of the molecule is O=C(O)CN1C(=O)/C(=c2\oc(=CC=C3Sc4ccc5ccccc5c4N3CCCS(=O)(=O)O)c(=O)n2CC(=O)O)SC1=S. The van der Waals surface area contributed by atoms with Crippen LogP contribution in [0.3, 0.4) is 0 Å². The van der Waals surface area contributed by atoms with Crippen LogP contribution in [0.1, 0.15) is 6.42 Å². The number of benzene rings is 2. The number of carboxylic acid groups (broad SMARTS) is 2. The van der Waals surface area contributed by atoms with E-state index in [0.717, 1.165) is 30.8 Å². The number of anilines is 1. The third-order valence-corrected chi connectivity index (χ3v) is 9.65. The molecule has 3 N–H and O–H groups in total.